The fraction of sp³-hybridized carbons (Fsp3) is 0.263. The Kier molecular flexibility index (Phi) is 7.43. The summed E-state index contributed by atoms with van der Waals surface area (Å²) >= 11 is 6.25. The first kappa shape index (κ1) is 20.5. The highest BCUT2D eigenvalue weighted by Crippen LogP contribution is 2.37. The van der Waals surface area contributed by atoms with Crippen LogP contribution < -0.4 is 14.8 Å². The number of nitrogens with one attached hydrogen (secondary N) is 1. The molecule has 8 heteroatoms. The van der Waals surface area contributed by atoms with Gasteiger partial charge in [-0.1, -0.05) is 29.8 Å². The van der Waals surface area contributed by atoms with Gasteiger partial charge in [0, 0.05) is 18.5 Å². The van der Waals surface area contributed by atoms with Crippen LogP contribution in [0.4, 0.5) is 4.39 Å². The zero-order valence-electron chi connectivity index (χ0n) is 14.6. The van der Waals surface area contributed by atoms with Crippen LogP contribution in [0.5, 0.6) is 11.5 Å². The Labute approximate surface area is 160 Å². The van der Waals surface area contributed by atoms with E-state index in [1.807, 2.05) is 0 Å². The Bertz CT molecular complexity index is 828. The van der Waals surface area contributed by atoms with Gasteiger partial charge >= 0.3 is 5.97 Å². The molecule has 144 valence electrons. The van der Waals surface area contributed by atoms with Crippen LogP contribution in [0.25, 0.3) is 0 Å². The Hall–Kier alpha value is -2.80. The van der Waals surface area contributed by atoms with Crippen molar-refractivity contribution in [3.63, 3.8) is 0 Å². The van der Waals surface area contributed by atoms with E-state index in [0.717, 1.165) is 0 Å². The van der Waals surface area contributed by atoms with Gasteiger partial charge in [-0.25, -0.2) is 4.39 Å². The molecule has 2 rings (SSSR count). The van der Waals surface area contributed by atoms with Crippen LogP contribution in [0.3, 0.4) is 0 Å². The van der Waals surface area contributed by atoms with Crippen molar-refractivity contribution in [1.82, 2.24) is 5.32 Å². The predicted molar refractivity (Wildman–Crippen MR) is 97.5 cm³/mol. The molecule has 27 heavy (non-hydrogen) atoms. The van der Waals surface area contributed by atoms with Gasteiger partial charge < -0.3 is 19.9 Å². The van der Waals surface area contributed by atoms with Gasteiger partial charge in [0.25, 0.3) is 0 Å². The van der Waals surface area contributed by atoms with Crippen LogP contribution in [0.1, 0.15) is 24.0 Å². The molecule has 0 unspecified atom stereocenters. The number of hydrogen-bond donors (Lipinski definition) is 2. The number of ether oxygens (including phenoxy) is 2. The quantitative estimate of drug-likeness (QED) is 0.678. The lowest BCUT2D eigenvalue weighted by Crippen LogP contribution is -2.23. The molecule has 0 heterocycles. The molecule has 0 aliphatic carbocycles. The molecule has 0 fully saturated rings. The van der Waals surface area contributed by atoms with Gasteiger partial charge in [-0.2, -0.15) is 0 Å². The number of carbonyl (C=O) groups is 2. The molecule has 0 saturated heterocycles. The maximum Gasteiger partial charge on any atom is 0.303 e. The van der Waals surface area contributed by atoms with E-state index in [4.69, 9.17) is 26.2 Å². The van der Waals surface area contributed by atoms with E-state index in [0.29, 0.717) is 16.9 Å². The van der Waals surface area contributed by atoms with Crippen molar-refractivity contribution in [1.29, 1.82) is 0 Å². The molecule has 2 aromatic carbocycles. The third-order valence-electron chi connectivity index (χ3n) is 3.67. The molecule has 0 radical (unpaired) electrons. The van der Waals surface area contributed by atoms with Crippen molar-refractivity contribution >= 4 is 23.5 Å². The molecule has 0 aliphatic heterocycles. The first-order chi connectivity index (χ1) is 12.9. The van der Waals surface area contributed by atoms with Gasteiger partial charge in [0.2, 0.25) is 5.91 Å². The summed E-state index contributed by atoms with van der Waals surface area (Å²) in [6.45, 7) is 0.135. The molecule has 0 spiro atoms. The van der Waals surface area contributed by atoms with Crippen molar-refractivity contribution < 1.29 is 28.6 Å². The van der Waals surface area contributed by atoms with Gasteiger partial charge in [-0.05, 0) is 23.8 Å². The van der Waals surface area contributed by atoms with E-state index < -0.39 is 5.97 Å². The lowest BCUT2D eigenvalue weighted by molar-refractivity contribution is -0.138. The number of aliphatic carboxylic acids is 1. The number of rotatable bonds is 9. The maximum absolute atomic E-state index is 13.7. The molecule has 2 N–H and O–H groups in total. The van der Waals surface area contributed by atoms with Crippen molar-refractivity contribution in [2.75, 3.05) is 7.11 Å². The van der Waals surface area contributed by atoms with Gasteiger partial charge in [-0.15, -0.1) is 0 Å². The monoisotopic (exact) mass is 395 g/mol. The summed E-state index contributed by atoms with van der Waals surface area (Å²) in [5, 5.41) is 11.4. The average Bonchev–Trinajstić information content (AvgIpc) is 2.64. The van der Waals surface area contributed by atoms with E-state index in [9.17, 15) is 14.0 Å². The minimum atomic E-state index is -1.04. The minimum Gasteiger partial charge on any atom is -0.493 e. The van der Waals surface area contributed by atoms with Crippen LogP contribution in [0, 0.1) is 5.82 Å². The number of halogens is 2. The summed E-state index contributed by atoms with van der Waals surface area (Å²) < 4.78 is 24.6. The van der Waals surface area contributed by atoms with Crippen LogP contribution in [0.2, 0.25) is 5.02 Å². The molecule has 6 nitrogen and oxygen atoms in total. The van der Waals surface area contributed by atoms with E-state index >= 15 is 0 Å². The van der Waals surface area contributed by atoms with Crippen molar-refractivity contribution in [3.05, 3.63) is 58.4 Å². The Balaban J connectivity index is 2.04. The highest BCUT2D eigenvalue weighted by atomic mass is 35.5. The number of benzene rings is 2. The third kappa shape index (κ3) is 6.14. The van der Waals surface area contributed by atoms with Gasteiger partial charge in [-0.3, -0.25) is 9.59 Å². The SMILES string of the molecule is COc1cc(CNC(=O)CCC(=O)O)cc(Cl)c1OCc1ccccc1F. The van der Waals surface area contributed by atoms with Gasteiger partial charge in [0.1, 0.15) is 12.4 Å². The standard InChI is InChI=1S/C19H19ClFNO5/c1-26-16-9-12(10-22-17(23)6-7-18(24)25)8-14(20)19(16)27-11-13-4-2-3-5-15(13)21/h2-5,8-9H,6-7,10-11H2,1H3,(H,22,23)(H,24,25). The van der Waals surface area contributed by atoms with Crippen molar-refractivity contribution in [2.24, 2.45) is 0 Å². The average molecular weight is 396 g/mol. The largest absolute Gasteiger partial charge is 0.493 e. The summed E-state index contributed by atoms with van der Waals surface area (Å²) in [6.07, 6.45) is -0.344. The first-order valence-corrected chi connectivity index (χ1v) is 8.49. The maximum atomic E-state index is 13.7. The van der Waals surface area contributed by atoms with E-state index in [1.165, 1.54) is 13.2 Å². The van der Waals surface area contributed by atoms with Crippen molar-refractivity contribution in [3.8, 4) is 11.5 Å². The fourth-order valence-electron chi connectivity index (χ4n) is 2.29. The summed E-state index contributed by atoms with van der Waals surface area (Å²) in [7, 11) is 1.44. The van der Waals surface area contributed by atoms with Gasteiger partial charge in [0.15, 0.2) is 11.5 Å². The van der Waals surface area contributed by atoms with Crippen LogP contribution >= 0.6 is 11.6 Å². The second kappa shape index (κ2) is 9.78. The Morgan fingerprint density at radius 3 is 2.63 bits per heavy atom. The number of hydrogen-bond acceptors (Lipinski definition) is 4. The Morgan fingerprint density at radius 1 is 1.22 bits per heavy atom. The topological polar surface area (TPSA) is 84.9 Å². The molecule has 0 aromatic heterocycles. The summed E-state index contributed by atoms with van der Waals surface area (Å²) in [4.78, 5) is 22.1. The van der Waals surface area contributed by atoms with Crippen LogP contribution in [0.15, 0.2) is 36.4 Å². The first-order valence-electron chi connectivity index (χ1n) is 8.11. The zero-order valence-corrected chi connectivity index (χ0v) is 15.4. The normalized spacial score (nSPS) is 10.3. The Morgan fingerprint density at radius 2 is 1.96 bits per heavy atom. The highest BCUT2D eigenvalue weighted by Gasteiger charge is 2.14. The highest BCUT2D eigenvalue weighted by molar-refractivity contribution is 6.32. The van der Waals surface area contributed by atoms with Gasteiger partial charge in [0.05, 0.1) is 18.6 Å². The number of amides is 1. The number of carboxylic acid groups (broad SMARTS) is 1. The van der Waals surface area contributed by atoms with Crippen LogP contribution in [-0.4, -0.2) is 24.1 Å². The fourth-order valence-corrected chi connectivity index (χ4v) is 2.58. The summed E-state index contributed by atoms with van der Waals surface area (Å²) in [5.41, 5.74) is 1.03. The molecule has 0 atom stereocenters. The second-order valence-corrected chi connectivity index (χ2v) is 6.07. The number of carboxylic acids is 1. The third-order valence-corrected chi connectivity index (χ3v) is 3.96. The summed E-state index contributed by atoms with van der Waals surface area (Å²) in [6, 6.07) is 9.48. The minimum absolute atomic E-state index is 0.0198. The lowest BCUT2D eigenvalue weighted by Gasteiger charge is -2.15. The van der Waals surface area contributed by atoms with Crippen molar-refractivity contribution in [2.45, 2.75) is 26.0 Å². The molecular weight excluding hydrogens is 377 g/mol. The zero-order chi connectivity index (χ0) is 19.8. The molecule has 1 amide bonds. The summed E-state index contributed by atoms with van der Waals surface area (Å²) in [5.74, 6) is -1.19. The van der Waals surface area contributed by atoms with E-state index in [2.05, 4.69) is 5.32 Å². The number of methoxy groups -OCH3 is 1. The molecule has 0 saturated carbocycles. The molecule has 0 bridgehead atoms. The molecule has 2 aromatic rings. The lowest BCUT2D eigenvalue weighted by atomic mass is 10.2. The second-order valence-electron chi connectivity index (χ2n) is 5.66. The predicted octanol–water partition coefficient (Wildman–Crippen LogP) is 3.55. The van der Waals surface area contributed by atoms with E-state index in [-0.39, 0.29) is 48.5 Å². The molecule has 0 aliphatic rings. The smallest absolute Gasteiger partial charge is 0.303 e. The number of carbonyl (C=O) groups excluding carboxylic acids is 1. The molecular formula is C19H19ClFNO5. The van der Waals surface area contributed by atoms with E-state index in [1.54, 1.807) is 30.3 Å². The van der Waals surface area contributed by atoms with Crippen LogP contribution in [-0.2, 0) is 22.7 Å².